The van der Waals surface area contributed by atoms with E-state index in [-0.39, 0.29) is 6.54 Å². The summed E-state index contributed by atoms with van der Waals surface area (Å²) in [5.41, 5.74) is 7.50. The molecule has 0 saturated carbocycles. The van der Waals surface area contributed by atoms with Crippen molar-refractivity contribution in [1.29, 1.82) is 0 Å². The molecular weight excluding hydrogens is 212 g/mol. The lowest BCUT2D eigenvalue weighted by Gasteiger charge is -2.25. The summed E-state index contributed by atoms with van der Waals surface area (Å²) in [6.07, 6.45) is 2.26. The van der Waals surface area contributed by atoms with Gasteiger partial charge < -0.3 is 0 Å². The summed E-state index contributed by atoms with van der Waals surface area (Å²) >= 11 is 0. The first-order chi connectivity index (χ1) is 7.63. The maximum absolute atomic E-state index is 11.2. The molecule has 0 bridgehead atoms. The number of hydrogen-bond acceptors (Lipinski definition) is 4. The predicted molar refractivity (Wildman–Crippen MR) is 58.8 cm³/mol. The molecule has 0 atom stereocenters. The van der Waals surface area contributed by atoms with Crippen LogP contribution < -0.4 is 16.3 Å². The number of urea groups is 2. The standard InChI is InChI=1S/C8H14N6O2/c1-3-4-9-11-7(15)13-14-5-6(2)10-12-8(14)16/h4H,3,5H2,1-2H3,(H,12,16)(H2,11,13,15)/b9-4+. The fourth-order valence-corrected chi connectivity index (χ4v) is 0.973. The number of carbonyl (C=O) groups is 2. The molecule has 1 rings (SSSR count). The van der Waals surface area contributed by atoms with Crippen LogP contribution in [0.2, 0.25) is 0 Å². The summed E-state index contributed by atoms with van der Waals surface area (Å²) in [4.78, 5) is 22.5. The number of nitrogens with zero attached hydrogens (tertiary/aromatic N) is 3. The van der Waals surface area contributed by atoms with E-state index in [1.54, 1.807) is 13.1 Å². The summed E-state index contributed by atoms with van der Waals surface area (Å²) in [7, 11) is 0. The van der Waals surface area contributed by atoms with E-state index < -0.39 is 12.1 Å². The van der Waals surface area contributed by atoms with Gasteiger partial charge in [0.1, 0.15) is 0 Å². The molecule has 1 aliphatic rings. The average Bonchev–Trinajstić information content (AvgIpc) is 2.24. The second kappa shape index (κ2) is 5.69. The first-order valence-corrected chi connectivity index (χ1v) is 4.82. The van der Waals surface area contributed by atoms with Crippen LogP contribution in [0, 0.1) is 0 Å². The number of nitrogens with one attached hydrogen (secondary N) is 3. The molecule has 0 fully saturated rings. The Labute approximate surface area is 92.7 Å². The molecule has 0 aromatic carbocycles. The Hall–Kier alpha value is -2.12. The number of hydrazine groups is 1. The highest BCUT2D eigenvalue weighted by Crippen LogP contribution is 1.93. The highest BCUT2D eigenvalue weighted by atomic mass is 16.2. The van der Waals surface area contributed by atoms with Crippen molar-refractivity contribution in [3.63, 3.8) is 0 Å². The lowest BCUT2D eigenvalue weighted by atomic mass is 10.4. The van der Waals surface area contributed by atoms with Gasteiger partial charge in [0.25, 0.3) is 0 Å². The van der Waals surface area contributed by atoms with Crippen molar-refractivity contribution in [2.24, 2.45) is 10.2 Å². The molecule has 8 heteroatoms. The van der Waals surface area contributed by atoms with Gasteiger partial charge in [0.15, 0.2) is 0 Å². The Kier molecular flexibility index (Phi) is 4.25. The highest BCUT2D eigenvalue weighted by molar-refractivity contribution is 5.92. The monoisotopic (exact) mass is 226 g/mol. The van der Waals surface area contributed by atoms with Gasteiger partial charge >= 0.3 is 12.1 Å². The third-order valence-corrected chi connectivity index (χ3v) is 1.65. The van der Waals surface area contributed by atoms with Crippen molar-refractivity contribution in [2.45, 2.75) is 20.3 Å². The number of carbonyl (C=O) groups excluding carboxylic acids is 2. The number of rotatable bonds is 3. The Morgan fingerprint density at radius 1 is 1.75 bits per heavy atom. The van der Waals surface area contributed by atoms with E-state index in [1.807, 2.05) is 6.92 Å². The zero-order valence-corrected chi connectivity index (χ0v) is 9.15. The minimum Gasteiger partial charge on any atom is -0.245 e. The van der Waals surface area contributed by atoms with Crippen molar-refractivity contribution in [3.8, 4) is 0 Å². The third kappa shape index (κ3) is 3.56. The molecular formula is C8H14N6O2. The van der Waals surface area contributed by atoms with E-state index in [1.165, 1.54) is 0 Å². The molecule has 1 aliphatic heterocycles. The van der Waals surface area contributed by atoms with E-state index in [4.69, 9.17) is 0 Å². The van der Waals surface area contributed by atoms with Crippen molar-refractivity contribution in [2.75, 3.05) is 6.54 Å². The van der Waals surface area contributed by atoms with E-state index >= 15 is 0 Å². The number of hydrogen-bond donors (Lipinski definition) is 3. The van der Waals surface area contributed by atoms with E-state index in [2.05, 4.69) is 26.5 Å². The maximum atomic E-state index is 11.2. The molecule has 3 N–H and O–H groups in total. The molecule has 0 saturated heterocycles. The minimum atomic E-state index is -0.574. The quantitative estimate of drug-likeness (QED) is 0.466. The smallest absolute Gasteiger partial charge is 0.245 e. The second-order valence-corrected chi connectivity index (χ2v) is 3.12. The molecule has 0 aromatic rings. The van der Waals surface area contributed by atoms with Crippen LogP contribution >= 0.6 is 0 Å². The van der Waals surface area contributed by atoms with Crippen LogP contribution in [0.5, 0.6) is 0 Å². The molecule has 16 heavy (non-hydrogen) atoms. The van der Waals surface area contributed by atoms with Crippen molar-refractivity contribution in [3.05, 3.63) is 0 Å². The SMILES string of the molecule is CC/C=N/NC(=O)NN1CC(C)=NNC1=O. The van der Waals surface area contributed by atoms with Crippen LogP contribution in [0.1, 0.15) is 20.3 Å². The van der Waals surface area contributed by atoms with Crippen LogP contribution in [-0.4, -0.2) is 35.5 Å². The normalized spacial score (nSPS) is 15.8. The second-order valence-electron chi connectivity index (χ2n) is 3.12. The third-order valence-electron chi connectivity index (χ3n) is 1.65. The number of hydrazone groups is 2. The Balaban J connectivity index is 2.42. The van der Waals surface area contributed by atoms with E-state index in [0.29, 0.717) is 5.71 Å². The largest absolute Gasteiger partial charge is 0.356 e. The fourth-order valence-electron chi connectivity index (χ4n) is 0.973. The summed E-state index contributed by atoms with van der Waals surface area (Å²) < 4.78 is 0. The lowest BCUT2D eigenvalue weighted by molar-refractivity contribution is 0.173. The lowest BCUT2D eigenvalue weighted by Crippen LogP contribution is -2.55. The zero-order chi connectivity index (χ0) is 12.0. The average molecular weight is 226 g/mol. The van der Waals surface area contributed by atoms with Gasteiger partial charge in [0.2, 0.25) is 0 Å². The summed E-state index contributed by atoms with van der Waals surface area (Å²) in [5.74, 6) is 0. The number of amides is 4. The minimum absolute atomic E-state index is 0.247. The molecule has 0 unspecified atom stereocenters. The Bertz CT molecular complexity index is 337. The van der Waals surface area contributed by atoms with Gasteiger partial charge in [-0.2, -0.15) is 10.2 Å². The van der Waals surface area contributed by atoms with Crippen LogP contribution in [0.15, 0.2) is 10.2 Å². The predicted octanol–water partition coefficient (Wildman–Crippen LogP) is -0.00250. The van der Waals surface area contributed by atoms with Crippen molar-refractivity contribution < 1.29 is 9.59 Å². The first kappa shape index (κ1) is 12.0. The summed E-state index contributed by atoms with van der Waals surface area (Å²) in [5, 5.41) is 8.45. The first-order valence-electron chi connectivity index (χ1n) is 4.82. The summed E-state index contributed by atoms with van der Waals surface area (Å²) in [6.45, 7) is 3.87. The van der Waals surface area contributed by atoms with Gasteiger partial charge in [-0.1, -0.05) is 6.92 Å². The van der Waals surface area contributed by atoms with Gasteiger partial charge in [0, 0.05) is 6.21 Å². The summed E-state index contributed by atoms with van der Waals surface area (Å²) in [6, 6.07) is -1.06. The van der Waals surface area contributed by atoms with Crippen LogP contribution in [0.25, 0.3) is 0 Å². The van der Waals surface area contributed by atoms with Crippen molar-refractivity contribution >= 4 is 24.0 Å². The van der Waals surface area contributed by atoms with Crippen LogP contribution in [0.3, 0.4) is 0 Å². The fraction of sp³-hybridized carbons (Fsp3) is 0.500. The van der Waals surface area contributed by atoms with Crippen LogP contribution in [0.4, 0.5) is 9.59 Å². The molecule has 4 amide bonds. The van der Waals surface area contributed by atoms with Gasteiger partial charge in [-0.3, -0.25) is 0 Å². The highest BCUT2D eigenvalue weighted by Gasteiger charge is 2.20. The van der Waals surface area contributed by atoms with Crippen LogP contribution in [-0.2, 0) is 0 Å². The molecule has 8 nitrogen and oxygen atoms in total. The van der Waals surface area contributed by atoms with E-state index in [9.17, 15) is 9.59 Å². The van der Waals surface area contributed by atoms with Gasteiger partial charge in [-0.15, -0.1) is 0 Å². The zero-order valence-electron chi connectivity index (χ0n) is 9.15. The van der Waals surface area contributed by atoms with E-state index in [0.717, 1.165) is 11.4 Å². The molecule has 0 spiro atoms. The molecule has 0 aromatic heterocycles. The maximum Gasteiger partial charge on any atom is 0.356 e. The van der Waals surface area contributed by atoms with Gasteiger partial charge in [-0.25, -0.2) is 30.9 Å². The van der Waals surface area contributed by atoms with Gasteiger partial charge in [0.05, 0.1) is 12.3 Å². The Morgan fingerprint density at radius 2 is 2.50 bits per heavy atom. The molecule has 0 aliphatic carbocycles. The molecule has 1 heterocycles. The molecule has 0 radical (unpaired) electrons. The van der Waals surface area contributed by atoms with Crippen molar-refractivity contribution in [1.82, 2.24) is 21.3 Å². The van der Waals surface area contributed by atoms with Gasteiger partial charge in [-0.05, 0) is 13.3 Å². The topological polar surface area (TPSA) is 98.2 Å². The molecule has 88 valence electrons. The Morgan fingerprint density at radius 3 is 3.19 bits per heavy atom.